The fraction of sp³-hybridized carbons (Fsp3) is 0. The summed E-state index contributed by atoms with van der Waals surface area (Å²) in [5.41, 5.74) is 11.2. The van der Waals surface area contributed by atoms with Gasteiger partial charge in [-0.2, -0.15) is 0 Å². The van der Waals surface area contributed by atoms with Gasteiger partial charge in [0.25, 0.3) is 0 Å². The summed E-state index contributed by atoms with van der Waals surface area (Å²) < 4.78 is 12.8. The maximum Gasteiger partial charge on any atom is 0.137 e. The molecule has 212 valence electrons. The summed E-state index contributed by atoms with van der Waals surface area (Å²) in [5.74, 6) is 0. The van der Waals surface area contributed by atoms with E-state index in [4.69, 9.17) is 8.83 Å². The van der Waals surface area contributed by atoms with Gasteiger partial charge in [-0.25, -0.2) is 0 Å². The van der Waals surface area contributed by atoms with Gasteiger partial charge in [-0.1, -0.05) is 103 Å². The van der Waals surface area contributed by atoms with Gasteiger partial charge >= 0.3 is 0 Å². The van der Waals surface area contributed by atoms with E-state index in [0.717, 1.165) is 72.1 Å². The van der Waals surface area contributed by atoms with Crippen molar-refractivity contribution < 1.29 is 8.83 Å². The Kier molecular flexibility index (Phi) is 5.82. The normalized spacial score (nSPS) is 11.6. The van der Waals surface area contributed by atoms with Crippen LogP contribution >= 0.6 is 0 Å². The number of rotatable bonds is 5. The second-order valence-corrected chi connectivity index (χ2v) is 11.4. The second-order valence-electron chi connectivity index (χ2n) is 11.4. The molecule has 2 heterocycles. The number of nitrogens with zero attached hydrogens (tertiary/aromatic N) is 1. The largest absolute Gasteiger partial charge is 0.456 e. The van der Waals surface area contributed by atoms with Crippen LogP contribution in [0.2, 0.25) is 0 Å². The van der Waals surface area contributed by atoms with Crippen LogP contribution in [-0.4, -0.2) is 0 Å². The zero-order valence-corrected chi connectivity index (χ0v) is 24.4. The summed E-state index contributed by atoms with van der Waals surface area (Å²) in [7, 11) is 0. The van der Waals surface area contributed by atoms with Crippen LogP contribution < -0.4 is 4.90 Å². The highest BCUT2D eigenvalue weighted by Gasteiger charge is 2.21. The summed E-state index contributed by atoms with van der Waals surface area (Å²) in [6.45, 7) is 0. The van der Waals surface area contributed by atoms with Gasteiger partial charge in [0.2, 0.25) is 0 Å². The number of furan rings is 2. The van der Waals surface area contributed by atoms with E-state index in [1.165, 1.54) is 11.1 Å². The van der Waals surface area contributed by atoms with Gasteiger partial charge in [0, 0.05) is 44.5 Å². The number of fused-ring (bicyclic) bond motifs is 6. The molecule has 0 unspecified atom stereocenters. The van der Waals surface area contributed by atoms with Gasteiger partial charge in [0.1, 0.15) is 22.3 Å². The highest BCUT2D eigenvalue weighted by atomic mass is 16.3. The smallest absolute Gasteiger partial charge is 0.137 e. The first-order chi connectivity index (χ1) is 22.3. The maximum absolute atomic E-state index is 6.45. The van der Waals surface area contributed by atoms with E-state index in [-0.39, 0.29) is 0 Å². The van der Waals surface area contributed by atoms with Gasteiger partial charge in [0.05, 0.1) is 5.69 Å². The topological polar surface area (TPSA) is 29.5 Å². The number of benzene rings is 7. The van der Waals surface area contributed by atoms with Crippen molar-refractivity contribution in [2.75, 3.05) is 4.90 Å². The lowest BCUT2D eigenvalue weighted by molar-refractivity contribution is 0.669. The van der Waals surface area contributed by atoms with Crippen LogP contribution in [0.25, 0.3) is 66.1 Å². The minimum Gasteiger partial charge on any atom is -0.456 e. The molecule has 9 rings (SSSR count). The highest BCUT2D eigenvalue weighted by Crippen LogP contribution is 2.45. The lowest BCUT2D eigenvalue weighted by Crippen LogP contribution is -2.11. The molecule has 9 aromatic rings. The van der Waals surface area contributed by atoms with Crippen molar-refractivity contribution in [1.82, 2.24) is 0 Å². The Morgan fingerprint density at radius 2 is 0.844 bits per heavy atom. The molecule has 0 radical (unpaired) electrons. The maximum atomic E-state index is 6.45. The fourth-order valence-electron chi connectivity index (χ4n) is 6.51. The van der Waals surface area contributed by atoms with Crippen LogP contribution in [-0.2, 0) is 0 Å². The SMILES string of the molecule is c1ccc(-c2ccc(N(c3ccccc3)c3cc4oc5ccccc5c4cc3-c3ccc4c(c3)oc3ccccc34)cc2)cc1. The minimum atomic E-state index is 0.849. The molecule has 45 heavy (non-hydrogen) atoms. The molecule has 2 aromatic heterocycles. The Balaban J connectivity index is 1.30. The molecule has 7 aromatic carbocycles. The summed E-state index contributed by atoms with van der Waals surface area (Å²) in [4.78, 5) is 2.32. The van der Waals surface area contributed by atoms with Gasteiger partial charge in [-0.3, -0.25) is 0 Å². The third-order valence-electron chi connectivity index (χ3n) is 8.67. The van der Waals surface area contributed by atoms with Gasteiger partial charge in [-0.05, 0) is 71.3 Å². The van der Waals surface area contributed by atoms with Crippen molar-refractivity contribution in [2.24, 2.45) is 0 Å². The Morgan fingerprint density at radius 1 is 0.333 bits per heavy atom. The zero-order chi connectivity index (χ0) is 29.7. The number of hydrogen-bond acceptors (Lipinski definition) is 3. The standard InChI is InChI=1S/C42H27NO2/c1-3-11-28(12-4-1)29-19-22-32(23-20-29)43(31-13-5-2-6-14-31)38-27-42-37(34-16-8-10-18-40(34)45-42)26-36(38)30-21-24-35-33-15-7-9-17-39(33)44-41(35)25-30/h1-27H. The summed E-state index contributed by atoms with van der Waals surface area (Å²) in [6, 6.07) is 57.3. The molecule has 0 aliphatic rings. The van der Waals surface area contributed by atoms with E-state index in [1.54, 1.807) is 0 Å². The van der Waals surface area contributed by atoms with Crippen molar-refractivity contribution in [3.05, 3.63) is 164 Å². The Bertz CT molecular complexity index is 2470. The van der Waals surface area contributed by atoms with E-state index in [0.29, 0.717) is 0 Å². The fourth-order valence-corrected chi connectivity index (χ4v) is 6.51. The summed E-state index contributed by atoms with van der Waals surface area (Å²) in [5, 5.41) is 4.42. The minimum absolute atomic E-state index is 0.849. The molecule has 3 nitrogen and oxygen atoms in total. The second kappa shape index (κ2) is 10.3. The molecule has 0 aliphatic heterocycles. The molecule has 0 saturated heterocycles. The lowest BCUT2D eigenvalue weighted by Gasteiger charge is -2.28. The number of para-hydroxylation sites is 3. The van der Waals surface area contributed by atoms with Crippen LogP contribution in [0.1, 0.15) is 0 Å². The van der Waals surface area contributed by atoms with Crippen LogP contribution in [0.15, 0.2) is 173 Å². The van der Waals surface area contributed by atoms with Crippen molar-refractivity contribution in [2.45, 2.75) is 0 Å². The molecule has 0 aliphatic carbocycles. The quantitative estimate of drug-likeness (QED) is 0.204. The first kappa shape index (κ1) is 25.4. The van der Waals surface area contributed by atoms with Crippen molar-refractivity contribution in [3.63, 3.8) is 0 Å². The molecule has 0 amide bonds. The van der Waals surface area contributed by atoms with Crippen LogP contribution in [0.4, 0.5) is 17.1 Å². The molecule has 0 bridgehead atoms. The number of anilines is 3. The summed E-state index contributed by atoms with van der Waals surface area (Å²) in [6.07, 6.45) is 0. The Hall–Kier alpha value is -6.06. The molecule has 0 spiro atoms. The molecule has 0 fully saturated rings. The molecular formula is C42H27NO2. The summed E-state index contributed by atoms with van der Waals surface area (Å²) >= 11 is 0. The van der Waals surface area contributed by atoms with E-state index >= 15 is 0 Å². The first-order valence-electron chi connectivity index (χ1n) is 15.2. The lowest BCUT2D eigenvalue weighted by atomic mass is 9.97. The molecular weight excluding hydrogens is 550 g/mol. The predicted molar refractivity (Wildman–Crippen MR) is 187 cm³/mol. The third-order valence-corrected chi connectivity index (χ3v) is 8.67. The van der Waals surface area contributed by atoms with E-state index < -0.39 is 0 Å². The van der Waals surface area contributed by atoms with Crippen molar-refractivity contribution in [3.8, 4) is 22.3 Å². The van der Waals surface area contributed by atoms with Gasteiger partial charge in [-0.15, -0.1) is 0 Å². The van der Waals surface area contributed by atoms with E-state index in [2.05, 4.69) is 138 Å². The Labute approximate surface area is 260 Å². The third kappa shape index (κ3) is 4.29. The average molecular weight is 578 g/mol. The van der Waals surface area contributed by atoms with Gasteiger partial charge < -0.3 is 13.7 Å². The monoisotopic (exact) mass is 577 g/mol. The number of hydrogen-bond donors (Lipinski definition) is 0. The average Bonchev–Trinajstić information content (AvgIpc) is 3.66. The first-order valence-corrected chi connectivity index (χ1v) is 15.2. The highest BCUT2D eigenvalue weighted by molar-refractivity contribution is 6.11. The van der Waals surface area contributed by atoms with E-state index in [1.807, 2.05) is 30.3 Å². The zero-order valence-electron chi connectivity index (χ0n) is 24.4. The van der Waals surface area contributed by atoms with Crippen LogP contribution in [0, 0.1) is 0 Å². The van der Waals surface area contributed by atoms with Crippen molar-refractivity contribution in [1.29, 1.82) is 0 Å². The predicted octanol–water partition coefficient (Wildman–Crippen LogP) is 12.3. The molecule has 0 N–H and O–H groups in total. The van der Waals surface area contributed by atoms with Crippen LogP contribution in [0.3, 0.4) is 0 Å². The van der Waals surface area contributed by atoms with Crippen molar-refractivity contribution >= 4 is 60.9 Å². The van der Waals surface area contributed by atoms with Crippen LogP contribution in [0.5, 0.6) is 0 Å². The molecule has 0 atom stereocenters. The Morgan fingerprint density at radius 3 is 1.56 bits per heavy atom. The molecule has 3 heteroatoms. The van der Waals surface area contributed by atoms with Gasteiger partial charge in [0.15, 0.2) is 0 Å². The van der Waals surface area contributed by atoms with E-state index in [9.17, 15) is 0 Å². The molecule has 0 saturated carbocycles.